The number of nitrogens with zero attached hydrogens (tertiary/aromatic N) is 2. The van der Waals surface area contributed by atoms with Gasteiger partial charge in [0.15, 0.2) is 5.82 Å². The molecule has 0 unspecified atom stereocenters. The second-order valence-corrected chi connectivity index (χ2v) is 5.14. The van der Waals surface area contributed by atoms with Gasteiger partial charge in [-0.2, -0.15) is 4.98 Å². The van der Waals surface area contributed by atoms with Gasteiger partial charge in [-0.15, -0.1) is 11.8 Å². The van der Waals surface area contributed by atoms with E-state index in [1.165, 1.54) is 0 Å². The van der Waals surface area contributed by atoms with E-state index in [4.69, 9.17) is 21.9 Å². The summed E-state index contributed by atoms with van der Waals surface area (Å²) >= 11 is 7.66. The van der Waals surface area contributed by atoms with Crippen molar-refractivity contribution in [2.24, 2.45) is 5.73 Å². The molecule has 1 aromatic heterocycles. The van der Waals surface area contributed by atoms with Gasteiger partial charge >= 0.3 is 0 Å². The van der Waals surface area contributed by atoms with Gasteiger partial charge < -0.3 is 10.3 Å². The normalized spacial score (nSPS) is 10.8. The van der Waals surface area contributed by atoms with Crippen LogP contribution in [0, 0.1) is 0 Å². The van der Waals surface area contributed by atoms with Crippen molar-refractivity contribution in [3.05, 3.63) is 41.0 Å². The summed E-state index contributed by atoms with van der Waals surface area (Å²) in [5, 5.41) is 4.67. The van der Waals surface area contributed by atoms with E-state index in [0.29, 0.717) is 24.0 Å². The van der Waals surface area contributed by atoms with E-state index in [2.05, 4.69) is 10.1 Å². The van der Waals surface area contributed by atoms with Crippen molar-refractivity contribution in [1.82, 2.24) is 10.1 Å². The van der Waals surface area contributed by atoms with E-state index in [1.54, 1.807) is 11.8 Å². The fraction of sp³-hybridized carbons (Fsp3) is 0.333. The van der Waals surface area contributed by atoms with Gasteiger partial charge in [-0.05, 0) is 25.1 Å². The van der Waals surface area contributed by atoms with Crippen molar-refractivity contribution in [3.63, 3.8) is 0 Å². The van der Waals surface area contributed by atoms with Crippen LogP contribution in [0.4, 0.5) is 0 Å². The molecule has 0 spiro atoms. The van der Waals surface area contributed by atoms with E-state index < -0.39 is 0 Å². The number of rotatable bonds is 6. The van der Waals surface area contributed by atoms with Crippen molar-refractivity contribution in [3.8, 4) is 0 Å². The van der Waals surface area contributed by atoms with Crippen molar-refractivity contribution in [2.75, 3.05) is 6.54 Å². The standard InChI is InChI=1S/C12H14ClN3OS/c13-9-4-1-2-5-10(9)18-8-11-15-12(17-16-11)6-3-7-14/h1-2,4-5H,3,6-8,14H2. The molecule has 0 saturated carbocycles. The molecule has 0 fully saturated rings. The minimum atomic E-state index is 0.631. The molecular formula is C12H14ClN3OS. The maximum absolute atomic E-state index is 6.07. The zero-order chi connectivity index (χ0) is 12.8. The Labute approximate surface area is 115 Å². The van der Waals surface area contributed by atoms with Crippen LogP contribution < -0.4 is 5.73 Å². The molecule has 0 bridgehead atoms. The second kappa shape index (κ2) is 6.78. The monoisotopic (exact) mass is 283 g/mol. The largest absolute Gasteiger partial charge is 0.339 e. The lowest BCUT2D eigenvalue weighted by Gasteiger charge is -2.00. The highest BCUT2D eigenvalue weighted by molar-refractivity contribution is 7.98. The van der Waals surface area contributed by atoms with Crippen LogP contribution in [0.2, 0.25) is 5.02 Å². The van der Waals surface area contributed by atoms with Crippen LogP contribution in [-0.4, -0.2) is 16.7 Å². The van der Waals surface area contributed by atoms with Gasteiger partial charge in [-0.1, -0.05) is 28.9 Å². The topological polar surface area (TPSA) is 64.9 Å². The molecule has 1 aromatic carbocycles. The molecule has 0 aliphatic carbocycles. The van der Waals surface area contributed by atoms with Crippen LogP contribution in [0.15, 0.2) is 33.7 Å². The van der Waals surface area contributed by atoms with Crippen LogP contribution in [0.1, 0.15) is 18.1 Å². The van der Waals surface area contributed by atoms with Crippen LogP contribution in [0.3, 0.4) is 0 Å². The summed E-state index contributed by atoms with van der Waals surface area (Å²) in [6, 6.07) is 7.71. The predicted molar refractivity (Wildman–Crippen MR) is 72.7 cm³/mol. The van der Waals surface area contributed by atoms with E-state index in [1.807, 2.05) is 24.3 Å². The van der Waals surface area contributed by atoms with Crippen molar-refractivity contribution in [1.29, 1.82) is 0 Å². The van der Waals surface area contributed by atoms with Crippen LogP contribution >= 0.6 is 23.4 Å². The van der Waals surface area contributed by atoms with Crippen LogP contribution in [0.25, 0.3) is 0 Å². The summed E-state index contributed by atoms with van der Waals surface area (Å²) in [5.41, 5.74) is 5.43. The highest BCUT2D eigenvalue weighted by Gasteiger charge is 2.07. The van der Waals surface area contributed by atoms with Gasteiger partial charge in [-0.3, -0.25) is 0 Å². The van der Waals surface area contributed by atoms with Crippen molar-refractivity contribution >= 4 is 23.4 Å². The smallest absolute Gasteiger partial charge is 0.226 e. The fourth-order valence-electron chi connectivity index (χ4n) is 1.41. The summed E-state index contributed by atoms with van der Waals surface area (Å²) < 4.78 is 5.12. The average Bonchev–Trinajstić information content (AvgIpc) is 2.83. The molecule has 2 rings (SSSR count). The zero-order valence-electron chi connectivity index (χ0n) is 9.80. The van der Waals surface area contributed by atoms with Gasteiger partial charge in [0.2, 0.25) is 5.89 Å². The maximum Gasteiger partial charge on any atom is 0.226 e. The second-order valence-electron chi connectivity index (χ2n) is 3.72. The third kappa shape index (κ3) is 3.73. The first kappa shape index (κ1) is 13.4. The minimum Gasteiger partial charge on any atom is -0.339 e. The third-order valence-electron chi connectivity index (χ3n) is 2.30. The zero-order valence-corrected chi connectivity index (χ0v) is 11.4. The number of thioether (sulfide) groups is 1. The quantitative estimate of drug-likeness (QED) is 0.826. The molecule has 0 radical (unpaired) electrons. The predicted octanol–water partition coefficient (Wildman–Crippen LogP) is 2.91. The molecule has 1 heterocycles. The first-order valence-electron chi connectivity index (χ1n) is 5.68. The van der Waals surface area contributed by atoms with E-state index in [-0.39, 0.29) is 0 Å². The molecule has 0 aliphatic rings. The first-order valence-corrected chi connectivity index (χ1v) is 7.05. The Balaban J connectivity index is 1.90. The molecule has 2 N–H and O–H groups in total. The van der Waals surface area contributed by atoms with Gasteiger partial charge in [0, 0.05) is 11.3 Å². The number of aryl methyl sites for hydroxylation is 1. The third-order valence-corrected chi connectivity index (χ3v) is 3.81. The van der Waals surface area contributed by atoms with Crippen LogP contribution in [-0.2, 0) is 12.2 Å². The number of nitrogens with two attached hydrogens (primary N) is 1. The number of hydrogen-bond donors (Lipinski definition) is 1. The van der Waals surface area contributed by atoms with Crippen molar-refractivity contribution in [2.45, 2.75) is 23.5 Å². The summed E-state index contributed by atoms with van der Waals surface area (Å²) in [6.45, 7) is 0.631. The summed E-state index contributed by atoms with van der Waals surface area (Å²) in [4.78, 5) is 5.32. The number of benzene rings is 1. The molecule has 0 atom stereocenters. The highest BCUT2D eigenvalue weighted by atomic mass is 35.5. The molecular weight excluding hydrogens is 270 g/mol. The molecule has 6 heteroatoms. The van der Waals surface area contributed by atoms with Gasteiger partial charge in [0.25, 0.3) is 0 Å². The van der Waals surface area contributed by atoms with E-state index >= 15 is 0 Å². The Morgan fingerprint density at radius 3 is 2.94 bits per heavy atom. The Bertz CT molecular complexity index is 504. The first-order chi connectivity index (χ1) is 8.79. The molecule has 0 saturated heterocycles. The Morgan fingerprint density at radius 2 is 2.17 bits per heavy atom. The Kier molecular flexibility index (Phi) is 5.04. The molecule has 0 amide bonds. The molecule has 0 aliphatic heterocycles. The molecule has 4 nitrogen and oxygen atoms in total. The number of aromatic nitrogens is 2. The highest BCUT2D eigenvalue weighted by Crippen LogP contribution is 2.28. The summed E-state index contributed by atoms with van der Waals surface area (Å²) in [5.74, 6) is 1.98. The van der Waals surface area contributed by atoms with Gasteiger partial charge in [-0.25, -0.2) is 0 Å². The number of halogens is 1. The SMILES string of the molecule is NCCCc1nc(CSc2ccccc2Cl)no1. The lowest BCUT2D eigenvalue weighted by Crippen LogP contribution is -2.00. The summed E-state index contributed by atoms with van der Waals surface area (Å²) in [6.07, 6.45) is 1.60. The fourth-order valence-corrected chi connectivity index (χ4v) is 2.49. The Hall–Kier alpha value is -1.04. The van der Waals surface area contributed by atoms with Gasteiger partial charge in [0.05, 0.1) is 10.8 Å². The Morgan fingerprint density at radius 1 is 1.33 bits per heavy atom. The minimum absolute atomic E-state index is 0.631. The van der Waals surface area contributed by atoms with Gasteiger partial charge in [0.1, 0.15) is 0 Å². The lowest BCUT2D eigenvalue weighted by atomic mass is 10.3. The molecule has 18 heavy (non-hydrogen) atoms. The molecule has 2 aromatic rings. The maximum atomic E-state index is 6.07. The van der Waals surface area contributed by atoms with Crippen molar-refractivity contribution < 1.29 is 4.52 Å². The van der Waals surface area contributed by atoms with E-state index in [0.717, 1.165) is 22.8 Å². The number of hydrogen-bond acceptors (Lipinski definition) is 5. The lowest BCUT2D eigenvalue weighted by molar-refractivity contribution is 0.372. The summed E-state index contributed by atoms with van der Waals surface area (Å²) in [7, 11) is 0. The average molecular weight is 284 g/mol. The molecule has 96 valence electrons. The van der Waals surface area contributed by atoms with Crippen LogP contribution in [0.5, 0.6) is 0 Å². The van der Waals surface area contributed by atoms with E-state index in [9.17, 15) is 0 Å².